The molecule has 0 saturated carbocycles. The SMILES string of the molecule is CN1CCN(C)C(C(NN)C2CCCc3cccnc32)C1. The second-order valence-electron chi connectivity index (χ2n) is 6.55. The van der Waals surface area contributed by atoms with E-state index in [-0.39, 0.29) is 6.04 Å². The fourth-order valence-corrected chi connectivity index (χ4v) is 3.92. The van der Waals surface area contributed by atoms with E-state index < -0.39 is 0 Å². The molecule has 0 amide bonds. The molecule has 1 aromatic rings. The molecular weight excluding hydrogens is 262 g/mol. The number of hydrogen-bond donors (Lipinski definition) is 2. The summed E-state index contributed by atoms with van der Waals surface area (Å²) in [5.74, 6) is 6.39. The fourth-order valence-electron chi connectivity index (χ4n) is 3.92. The Morgan fingerprint density at radius 3 is 3.05 bits per heavy atom. The van der Waals surface area contributed by atoms with Gasteiger partial charge in [0.1, 0.15) is 0 Å². The van der Waals surface area contributed by atoms with Crippen LogP contribution in [-0.2, 0) is 6.42 Å². The van der Waals surface area contributed by atoms with Crippen molar-refractivity contribution in [1.82, 2.24) is 20.2 Å². The molecule has 2 aliphatic rings. The zero-order chi connectivity index (χ0) is 14.8. The average molecular weight is 289 g/mol. The first-order valence-corrected chi connectivity index (χ1v) is 7.99. The van der Waals surface area contributed by atoms with Crippen LogP contribution in [0.3, 0.4) is 0 Å². The van der Waals surface area contributed by atoms with Gasteiger partial charge in [-0.3, -0.25) is 21.2 Å². The van der Waals surface area contributed by atoms with Gasteiger partial charge in [0, 0.05) is 49.5 Å². The van der Waals surface area contributed by atoms with Crippen LogP contribution in [0.5, 0.6) is 0 Å². The van der Waals surface area contributed by atoms with E-state index >= 15 is 0 Å². The third-order valence-corrected chi connectivity index (χ3v) is 5.18. The number of aryl methyl sites for hydroxylation is 1. The van der Waals surface area contributed by atoms with Gasteiger partial charge in [0.05, 0.1) is 0 Å². The second-order valence-corrected chi connectivity index (χ2v) is 6.55. The van der Waals surface area contributed by atoms with Crippen molar-refractivity contribution < 1.29 is 0 Å². The molecule has 3 atom stereocenters. The third kappa shape index (κ3) is 2.97. The lowest BCUT2D eigenvalue weighted by Crippen LogP contribution is -2.61. The smallest absolute Gasteiger partial charge is 0.0483 e. The van der Waals surface area contributed by atoms with Gasteiger partial charge in [0.15, 0.2) is 0 Å². The van der Waals surface area contributed by atoms with Gasteiger partial charge in [0.2, 0.25) is 0 Å². The molecular formula is C16H27N5. The van der Waals surface area contributed by atoms with Crippen LogP contribution in [0, 0.1) is 0 Å². The molecule has 1 fully saturated rings. The van der Waals surface area contributed by atoms with Gasteiger partial charge in [-0.25, -0.2) is 0 Å². The van der Waals surface area contributed by atoms with Crippen LogP contribution in [0.25, 0.3) is 0 Å². The fraction of sp³-hybridized carbons (Fsp3) is 0.688. The van der Waals surface area contributed by atoms with E-state index in [0.717, 1.165) is 26.1 Å². The molecule has 1 aromatic heterocycles. The number of pyridine rings is 1. The van der Waals surface area contributed by atoms with Gasteiger partial charge in [-0.1, -0.05) is 6.07 Å². The molecule has 1 saturated heterocycles. The lowest BCUT2D eigenvalue weighted by Gasteiger charge is -2.45. The van der Waals surface area contributed by atoms with E-state index in [0.29, 0.717) is 12.0 Å². The molecule has 5 nitrogen and oxygen atoms in total. The quantitative estimate of drug-likeness (QED) is 0.630. The number of fused-ring (bicyclic) bond motifs is 1. The second kappa shape index (κ2) is 6.40. The number of rotatable bonds is 3. The van der Waals surface area contributed by atoms with E-state index in [1.54, 1.807) is 0 Å². The Morgan fingerprint density at radius 2 is 2.24 bits per heavy atom. The highest BCUT2D eigenvalue weighted by atomic mass is 15.3. The summed E-state index contributed by atoms with van der Waals surface area (Å²) in [5.41, 5.74) is 5.79. The standard InChI is InChI=1S/C16H27N5/c1-20-9-10-21(2)14(11-20)16(19-17)13-7-3-5-12-6-4-8-18-15(12)13/h4,6,8,13-14,16,19H,3,5,7,9-11,17H2,1-2H3. The number of nitrogens with zero attached hydrogens (tertiary/aromatic N) is 3. The average Bonchev–Trinajstić information content (AvgIpc) is 2.51. The maximum absolute atomic E-state index is 5.98. The topological polar surface area (TPSA) is 57.4 Å². The minimum Gasteiger partial charge on any atom is -0.303 e. The third-order valence-electron chi connectivity index (χ3n) is 5.18. The normalized spacial score (nSPS) is 29.1. The van der Waals surface area contributed by atoms with Crippen molar-refractivity contribution in [2.24, 2.45) is 5.84 Å². The molecule has 21 heavy (non-hydrogen) atoms. The largest absolute Gasteiger partial charge is 0.303 e. The first kappa shape index (κ1) is 14.9. The van der Waals surface area contributed by atoms with Crippen LogP contribution in [-0.4, -0.2) is 60.6 Å². The van der Waals surface area contributed by atoms with E-state index in [4.69, 9.17) is 5.84 Å². The van der Waals surface area contributed by atoms with E-state index in [9.17, 15) is 0 Å². The predicted octanol–water partition coefficient (Wildman–Crippen LogP) is 0.579. The Hall–Kier alpha value is -1.01. The van der Waals surface area contributed by atoms with Gasteiger partial charge in [-0.2, -0.15) is 0 Å². The minimum atomic E-state index is 0.256. The van der Waals surface area contributed by atoms with Gasteiger partial charge >= 0.3 is 0 Å². The van der Waals surface area contributed by atoms with E-state index in [1.165, 1.54) is 24.1 Å². The van der Waals surface area contributed by atoms with Crippen molar-refractivity contribution in [2.75, 3.05) is 33.7 Å². The molecule has 2 heterocycles. The van der Waals surface area contributed by atoms with Gasteiger partial charge in [-0.05, 0) is 45.0 Å². The zero-order valence-electron chi connectivity index (χ0n) is 13.1. The van der Waals surface area contributed by atoms with Crippen molar-refractivity contribution >= 4 is 0 Å². The Bertz CT molecular complexity index is 477. The van der Waals surface area contributed by atoms with Gasteiger partial charge < -0.3 is 4.90 Å². The number of likely N-dealkylation sites (N-methyl/N-ethyl adjacent to an activating group) is 2. The van der Waals surface area contributed by atoms with E-state index in [2.05, 4.69) is 40.4 Å². The van der Waals surface area contributed by atoms with E-state index in [1.807, 2.05) is 12.3 Å². The molecule has 1 aliphatic heterocycles. The van der Waals surface area contributed by atoms with Crippen LogP contribution in [0.4, 0.5) is 0 Å². The summed E-state index contributed by atoms with van der Waals surface area (Å²) >= 11 is 0. The molecule has 3 N–H and O–H groups in total. The first-order chi connectivity index (χ1) is 10.2. The molecule has 3 rings (SSSR count). The Labute approximate surface area is 127 Å². The van der Waals surface area contributed by atoms with Gasteiger partial charge in [0.25, 0.3) is 0 Å². The number of piperazine rings is 1. The summed E-state index contributed by atoms with van der Waals surface area (Å²) in [7, 11) is 4.41. The highest BCUT2D eigenvalue weighted by Gasteiger charge is 2.37. The van der Waals surface area contributed by atoms with Crippen LogP contribution in [0.1, 0.15) is 30.0 Å². The number of hydrazine groups is 1. The molecule has 0 aromatic carbocycles. The summed E-state index contributed by atoms with van der Waals surface area (Å²) < 4.78 is 0. The Balaban J connectivity index is 1.86. The highest BCUT2D eigenvalue weighted by Crippen LogP contribution is 2.34. The number of nitrogens with one attached hydrogen (secondary N) is 1. The van der Waals surface area contributed by atoms with Crippen molar-refractivity contribution in [2.45, 2.75) is 37.3 Å². The van der Waals surface area contributed by atoms with Crippen LogP contribution in [0.15, 0.2) is 18.3 Å². The lowest BCUT2D eigenvalue weighted by atomic mass is 9.79. The van der Waals surface area contributed by atoms with Crippen molar-refractivity contribution in [3.8, 4) is 0 Å². The summed E-state index contributed by atoms with van der Waals surface area (Å²) in [6.45, 7) is 3.29. The monoisotopic (exact) mass is 289 g/mol. The number of aromatic nitrogens is 1. The van der Waals surface area contributed by atoms with Crippen molar-refractivity contribution in [1.29, 1.82) is 0 Å². The molecule has 0 bridgehead atoms. The molecule has 3 unspecified atom stereocenters. The predicted molar refractivity (Wildman–Crippen MR) is 84.9 cm³/mol. The van der Waals surface area contributed by atoms with Crippen molar-refractivity contribution in [3.63, 3.8) is 0 Å². The summed E-state index contributed by atoms with van der Waals surface area (Å²) in [5, 5.41) is 0. The number of hydrogen-bond acceptors (Lipinski definition) is 5. The molecule has 0 spiro atoms. The summed E-state index contributed by atoms with van der Waals surface area (Å²) in [4.78, 5) is 9.53. The first-order valence-electron chi connectivity index (χ1n) is 7.99. The van der Waals surface area contributed by atoms with Crippen molar-refractivity contribution in [3.05, 3.63) is 29.6 Å². The van der Waals surface area contributed by atoms with Crippen LogP contribution >= 0.6 is 0 Å². The van der Waals surface area contributed by atoms with Crippen LogP contribution in [0.2, 0.25) is 0 Å². The summed E-state index contributed by atoms with van der Waals surface area (Å²) in [6.07, 6.45) is 5.47. The molecule has 116 valence electrons. The molecule has 5 heteroatoms. The minimum absolute atomic E-state index is 0.256. The Morgan fingerprint density at radius 1 is 1.38 bits per heavy atom. The zero-order valence-corrected chi connectivity index (χ0v) is 13.1. The lowest BCUT2D eigenvalue weighted by molar-refractivity contribution is 0.0772. The van der Waals surface area contributed by atoms with Crippen LogP contribution < -0.4 is 11.3 Å². The van der Waals surface area contributed by atoms with Gasteiger partial charge in [-0.15, -0.1) is 0 Å². The molecule has 0 radical (unpaired) electrons. The maximum Gasteiger partial charge on any atom is 0.0483 e. The molecule has 1 aliphatic carbocycles. The Kier molecular flexibility index (Phi) is 4.54. The highest BCUT2D eigenvalue weighted by molar-refractivity contribution is 5.28. The number of nitrogens with two attached hydrogens (primary N) is 1. The maximum atomic E-state index is 5.98. The summed E-state index contributed by atoms with van der Waals surface area (Å²) in [6, 6.07) is 4.96.